The number of imidazole rings is 1. The molecule has 6 rings (SSSR count). The van der Waals surface area contributed by atoms with Gasteiger partial charge in [-0.05, 0) is 48.4 Å². The lowest BCUT2D eigenvalue weighted by atomic mass is 10.0. The van der Waals surface area contributed by atoms with E-state index in [1.807, 2.05) is 4.57 Å². The Hall–Kier alpha value is -4.61. The van der Waals surface area contributed by atoms with Gasteiger partial charge in [0.25, 0.3) is 0 Å². The van der Waals surface area contributed by atoms with Gasteiger partial charge < -0.3 is 23.9 Å². The first kappa shape index (κ1) is 28.5. The SMILES string of the molecule is COc1cc(Cl)ncc1COc1cccc(-c2cc(F)c(Cc3nc4ccc(C(=O)O)cc4n3C[C@@H]3CCO3)cc2F)n1. The average Bonchev–Trinajstić information content (AvgIpc) is 3.31. The molecule has 1 saturated heterocycles. The number of methoxy groups -OCH3 is 1. The Morgan fingerprint density at radius 1 is 1.12 bits per heavy atom. The van der Waals surface area contributed by atoms with E-state index in [1.54, 1.807) is 30.3 Å². The van der Waals surface area contributed by atoms with E-state index in [-0.39, 0.29) is 52.5 Å². The summed E-state index contributed by atoms with van der Waals surface area (Å²) in [7, 11) is 1.50. The number of hydrogen-bond donors (Lipinski definition) is 1. The Bertz CT molecular complexity index is 1840. The van der Waals surface area contributed by atoms with Gasteiger partial charge in [-0.1, -0.05) is 17.7 Å². The molecule has 1 atom stereocenters. The number of halogens is 3. The van der Waals surface area contributed by atoms with Crippen LogP contribution >= 0.6 is 11.6 Å². The number of carboxylic acids is 1. The van der Waals surface area contributed by atoms with E-state index in [1.165, 1.54) is 25.4 Å². The molecule has 0 aliphatic carbocycles. The number of aromatic carboxylic acids is 1. The maximum absolute atomic E-state index is 15.5. The van der Waals surface area contributed by atoms with Crippen LogP contribution in [0.5, 0.6) is 11.6 Å². The highest BCUT2D eigenvalue weighted by Crippen LogP contribution is 2.29. The summed E-state index contributed by atoms with van der Waals surface area (Å²) in [4.78, 5) is 24.6. The van der Waals surface area contributed by atoms with E-state index in [9.17, 15) is 9.90 Å². The topological polar surface area (TPSA) is 109 Å². The molecule has 1 N–H and O–H groups in total. The number of carbonyl (C=O) groups is 1. The monoisotopic (exact) mass is 606 g/mol. The molecule has 12 heteroatoms. The fraction of sp³-hybridized carbons (Fsp3) is 0.226. The number of benzene rings is 2. The van der Waals surface area contributed by atoms with E-state index in [4.69, 9.17) is 25.8 Å². The summed E-state index contributed by atoms with van der Waals surface area (Å²) < 4.78 is 49.4. The molecule has 4 heterocycles. The standard InChI is InChI=1S/C31H25ClF2N4O5/c1-41-27-13-28(32)35-14-19(27)16-43-30-4-2-3-24(37-30)21-12-22(33)18(9-23(21)34)11-29-36-25-6-5-17(31(39)40)10-26(25)38(29)15-20-7-8-42-20/h2-6,9-10,12-14,20H,7-8,11,15-16H2,1H3,(H,39,40)/t20-/m0/s1. The first-order chi connectivity index (χ1) is 20.8. The Morgan fingerprint density at radius 2 is 1.95 bits per heavy atom. The number of pyridine rings is 2. The van der Waals surface area contributed by atoms with Gasteiger partial charge in [0.1, 0.15) is 35.0 Å². The van der Waals surface area contributed by atoms with Crippen molar-refractivity contribution in [3.63, 3.8) is 0 Å². The van der Waals surface area contributed by atoms with Gasteiger partial charge >= 0.3 is 5.97 Å². The van der Waals surface area contributed by atoms with E-state index in [0.717, 1.165) is 18.6 Å². The summed E-state index contributed by atoms with van der Waals surface area (Å²) >= 11 is 5.92. The molecule has 43 heavy (non-hydrogen) atoms. The quantitative estimate of drug-likeness (QED) is 0.190. The van der Waals surface area contributed by atoms with Crippen LogP contribution in [0.3, 0.4) is 0 Å². The second-order valence-corrected chi connectivity index (χ2v) is 10.4. The predicted molar refractivity (Wildman–Crippen MR) is 154 cm³/mol. The van der Waals surface area contributed by atoms with Crippen molar-refractivity contribution in [1.82, 2.24) is 19.5 Å². The molecule has 1 fully saturated rings. The Kier molecular flexibility index (Phi) is 7.92. The van der Waals surface area contributed by atoms with Crippen molar-refractivity contribution < 1.29 is 32.9 Å². The average molecular weight is 607 g/mol. The summed E-state index contributed by atoms with van der Waals surface area (Å²) in [5.74, 6) is -1.19. The van der Waals surface area contributed by atoms with Gasteiger partial charge in [0.05, 0.1) is 42.0 Å². The van der Waals surface area contributed by atoms with Crippen molar-refractivity contribution >= 4 is 28.6 Å². The molecule has 0 spiro atoms. The zero-order valence-electron chi connectivity index (χ0n) is 22.9. The number of fused-ring (bicyclic) bond motifs is 1. The number of hydrogen-bond acceptors (Lipinski definition) is 7. The van der Waals surface area contributed by atoms with Crippen molar-refractivity contribution in [3.8, 4) is 22.9 Å². The van der Waals surface area contributed by atoms with Crippen molar-refractivity contribution in [1.29, 1.82) is 0 Å². The van der Waals surface area contributed by atoms with Crippen molar-refractivity contribution in [2.75, 3.05) is 13.7 Å². The lowest BCUT2D eigenvalue weighted by Crippen LogP contribution is -2.31. The first-order valence-corrected chi connectivity index (χ1v) is 13.8. The molecule has 1 aliphatic rings. The number of nitrogens with zero attached hydrogens (tertiary/aromatic N) is 4. The summed E-state index contributed by atoms with van der Waals surface area (Å²) in [6.45, 7) is 1.13. The van der Waals surface area contributed by atoms with Gasteiger partial charge in [-0.15, -0.1) is 0 Å². The first-order valence-electron chi connectivity index (χ1n) is 13.4. The lowest BCUT2D eigenvalue weighted by Gasteiger charge is -2.27. The van der Waals surface area contributed by atoms with Crippen LogP contribution in [0.4, 0.5) is 8.78 Å². The van der Waals surface area contributed by atoms with Crippen molar-refractivity contribution in [2.45, 2.75) is 32.1 Å². The summed E-state index contributed by atoms with van der Waals surface area (Å²) in [6.07, 6.45) is 2.29. The van der Waals surface area contributed by atoms with Crippen molar-refractivity contribution in [3.05, 3.63) is 100 Å². The van der Waals surface area contributed by atoms with Crippen LogP contribution in [0.15, 0.2) is 60.8 Å². The second-order valence-electron chi connectivity index (χ2n) is 10.00. The third-order valence-corrected chi connectivity index (χ3v) is 7.45. The van der Waals surface area contributed by atoms with Crippen LogP contribution in [-0.2, 0) is 24.3 Å². The molecule has 0 radical (unpaired) electrons. The van der Waals surface area contributed by atoms with Gasteiger partial charge in [-0.3, -0.25) is 0 Å². The van der Waals surface area contributed by atoms with Crippen LogP contribution in [-0.4, -0.2) is 50.4 Å². The van der Waals surface area contributed by atoms with Crippen LogP contribution < -0.4 is 9.47 Å². The number of ether oxygens (including phenoxy) is 3. The molecule has 0 amide bonds. The van der Waals surface area contributed by atoms with Crippen molar-refractivity contribution in [2.24, 2.45) is 0 Å². The van der Waals surface area contributed by atoms with Gasteiger partial charge in [0.2, 0.25) is 5.88 Å². The van der Waals surface area contributed by atoms with E-state index < -0.39 is 17.6 Å². The summed E-state index contributed by atoms with van der Waals surface area (Å²) in [5.41, 5.74) is 2.16. The molecule has 0 bridgehead atoms. The van der Waals surface area contributed by atoms with Crippen LogP contribution in [0.1, 0.15) is 33.7 Å². The zero-order chi connectivity index (χ0) is 30.1. The zero-order valence-corrected chi connectivity index (χ0v) is 23.6. The highest BCUT2D eigenvalue weighted by atomic mass is 35.5. The molecule has 1 aliphatic heterocycles. The molecule has 220 valence electrons. The van der Waals surface area contributed by atoms with E-state index in [0.29, 0.717) is 41.3 Å². The number of rotatable bonds is 10. The Labute approximate surface area is 249 Å². The fourth-order valence-electron chi connectivity index (χ4n) is 4.90. The Balaban J connectivity index is 1.26. The minimum Gasteiger partial charge on any atom is -0.496 e. The largest absolute Gasteiger partial charge is 0.496 e. The maximum Gasteiger partial charge on any atom is 0.335 e. The molecule has 9 nitrogen and oxygen atoms in total. The van der Waals surface area contributed by atoms with Gasteiger partial charge in [0, 0.05) is 42.5 Å². The minimum absolute atomic E-state index is 0.0135. The normalized spacial score (nSPS) is 14.5. The highest BCUT2D eigenvalue weighted by Gasteiger charge is 2.24. The van der Waals surface area contributed by atoms with Gasteiger partial charge in [0.15, 0.2) is 0 Å². The van der Waals surface area contributed by atoms with Crippen LogP contribution in [0, 0.1) is 11.6 Å². The second kappa shape index (κ2) is 11.9. The third kappa shape index (κ3) is 5.99. The summed E-state index contributed by atoms with van der Waals surface area (Å²) in [6, 6.07) is 13.2. The maximum atomic E-state index is 15.5. The minimum atomic E-state index is -1.07. The third-order valence-electron chi connectivity index (χ3n) is 7.24. The van der Waals surface area contributed by atoms with Gasteiger partial charge in [-0.2, -0.15) is 0 Å². The van der Waals surface area contributed by atoms with E-state index in [2.05, 4.69) is 15.0 Å². The number of aromatic nitrogens is 4. The summed E-state index contributed by atoms with van der Waals surface area (Å²) in [5, 5.41) is 9.74. The molecular formula is C31H25ClF2N4O5. The molecule has 3 aromatic heterocycles. The molecular weight excluding hydrogens is 582 g/mol. The predicted octanol–water partition coefficient (Wildman–Crippen LogP) is 6.09. The smallest absolute Gasteiger partial charge is 0.335 e. The van der Waals surface area contributed by atoms with Crippen LogP contribution in [0.25, 0.3) is 22.3 Å². The van der Waals surface area contributed by atoms with E-state index >= 15 is 8.78 Å². The molecule has 0 unspecified atom stereocenters. The molecule has 2 aromatic carbocycles. The number of carboxylic acid groups (broad SMARTS) is 1. The fourth-order valence-corrected chi connectivity index (χ4v) is 5.05. The highest BCUT2D eigenvalue weighted by molar-refractivity contribution is 6.29. The molecule has 0 saturated carbocycles. The lowest BCUT2D eigenvalue weighted by molar-refractivity contribution is -0.0589. The van der Waals surface area contributed by atoms with Crippen LogP contribution in [0.2, 0.25) is 5.15 Å². The molecule has 5 aromatic rings. The van der Waals surface area contributed by atoms with Gasteiger partial charge in [-0.25, -0.2) is 28.5 Å². The Morgan fingerprint density at radius 3 is 2.70 bits per heavy atom.